The molecule has 0 spiro atoms. The molecule has 13 heavy (non-hydrogen) atoms. The second-order valence-electron chi connectivity index (χ2n) is 3.19. The minimum absolute atomic E-state index is 0.0736. The fourth-order valence-electron chi connectivity index (χ4n) is 0.821. The Morgan fingerprint density at radius 1 is 1.62 bits per heavy atom. The summed E-state index contributed by atoms with van der Waals surface area (Å²) in [6, 6.07) is 0. The molecule has 0 radical (unpaired) electrons. The van der Waals surface area contributed by atoms with Gasteiger partial charge in [0.2, 0.25) is 0 Å². The molecule has 0 aromatic carbocycles. The molecule has 70 valence electrons. The number of rotatable bonds is 3. The van der Waals surface area contributed by atoms with Crippen LogP contribution in [0.3, 0.4) is 0 Å². The van der Waals surface area contributed by atoms with E-state index in [0.717, 1.165) is 10.6 Å². The molecule has 0 unspecified atom stereocenters. The Labute approximate surface area is 82.3 Å². The molecule has 3 heteroatoms. The van der Waals surface area contributed by atoms with Gasteiger partial charge in [0, 0.05) is 10.8 Å². The van der Waals surface area contributed by atoms with E-state index in [0.29, 0.717) is 0 Å². The van der Waals surface area contributed by atoms with Crippen molar-refractivity contribution < 1.29 is 4.79 Å². The number of thiazole rings is 1. The van der Waals surface area contributed by atoms with Gasteiger partial charge in [-0.1, -0.05) is 13.8 Å². The summed E-state index contributed by atoms with van der Waals surface area (Å²) in [7, 11) is 0. The molecule has 0 amide bonds. The Kier molecular flexibility index (Phi) is 3.37. The third-order valence-corrected chi connectivity index (χ3v) is 2.65. The predicted octanol–water partition coefficient (Wildman–Crippen LogP) is 2.69. The smallest absolute Gasteiger partial charge is 0.158 e. The highest BCUT2D eigenvalue weighted by atomic mass is 32.1. The van der Waals surface area contributed by atoms with E-state index in [1.54, 1.807) is 22.9 Å². The van der Waals surface area contributed by atoms with Crippen molar-refractivity contribution in [2.45, 2.75) is 20.8 Å². The molecule has 0 saturated carbocycles. The first-order chi connectivity index (χ1) is 6.11. The van der Waals surface area contributed by atoms with Gasteiger partial charge in [-0.25, -0.2) is 4.98 Å². The van der Waals surface area contributed by atoms with Gasteiger partial charge in [0.25, 0.3) is 0 Å². The Hall–Kier alpha value is -0.960. The standard InChI is InChI=1S/C10H13NOS/c1-7(2)9(12)4-5-10-8(3)11-6-13-10/h4-7H,1-3H3/b5-4+. The van der Waals surface area contributed by atoms with Gasteiger partial charge in [-0.15, -0.1) is 11.3 Å². The summed E-state index contributed by atoms with van der Waals surface area (Å²) in [5.74, 6) is 0.234. The topological polar surface area (TPSA) is 30.0 Å². The zero-order valence-electron chi connectivity index (χ0n) is 8.07. The molecule has 0 saturated heterocycles. The first-order valence-corrected chi connectivity index (χ1v) is 5.11. The fraction of sp³-hybridized carbons (Fsp3) is 0.400. The number of ketones is 1. The van der Waals surface area contributed by atoms with E-state index in [2.05, 4.69) is 4.98 Å². The lowest BCUT2D eigenvalue weighted by molar-refractivity contribution is -0.117. The van der Waals surface area contributed by atoms with Gasteiger partial charge in [-0.05, 0) is 19.1 Å². The van der Waals surface area contributed by atoms with Crippen molar-refractivity contribution in [3.8, 4) is 0 Å². The van der Waals surface area contributed by atoms with Crippen LogP contribution in [0.4, 0.5) is 0 Å². The van der Waals surface area contributed by atoms with Crippen LogP contribution in [0.25, 0.3) is 6.08 Å². The zero-order valence-corrected chi connectivity index (χ0v) is 8.89. The molecule has 2 nitrogen and oxygen atoms in total. The number of allylic oxidation sites excluding steroid dienone is 1. The van der Waals surface area contributed by atoms with Crippen molar-refractivity contribution in [1.29, 1.82) is 0 Å². The maximum Gasteiger partial charge on any atom is 0.158 e. The van der Waals surface area contributed by atoms with Crippen LogP contribution >= 0.6 is 11.3 Å². The monoisotopic (exact) mass is 195 g/mol. The minimum Gasteiger partial charge on any atom is -0.295 e. The Balaban J connectivity index is 2.69. The molecule has 0 fully saturated rings. The second-order valence-corrected chi connectivity index (χ2v) is 4.08. The molecule has 1 rings (SSSR count). The molecule has 1 aromatic rings. The van der Waals surface area contributed by atoms with E-state index in [-0.39, 0.29) is 11.7 Å². The molecule has 1 aromatic heterocycles. The molecule has 0 atom stereocenters. The molecular weight excluding hydrogens is 182 g/mol. The van der Waals surface area contributed by atoms with Gasteiger partial charge in [0.15, 0.2) is 5.78 Å². The quantitative estimate of drug-likeness (QED) is 0.694. The molecule has 0 bridgehead atoms. The summed E-state index contributed by atoms with van der Waals surface area (Å²) in [5.41, 5.74) is 2.77. The van der Waals surface area contributed by atoms with Gasteiger partial charge in [0.05, 0.1) is 11.2 Å². The van der Waals surface area contributed by atoms with Crippen molar-refractivity contribution in [3.05, 3.63) is 22.2 Å². The number of hydrogen-bond acceptors (Lipinski definition) is 3. The normalized spacial score (nSPS) is 11.4. The zero-order chi connectivity index (χ0) is 9.84. The lowest BCUT2D eigenvalue weighted by atomic mass is 10.1. The van der Waals surface area contributed by atoms with Crippen LogP contribution in [0, 0.1) is 12.8 Å². The van der Waals surface area contributed by atoms with Crippen LogP contribution in [-0.4, -0.2) is 10.8 Å². The van der Waals surface area contributed by atoms with Gasteiger partial charge >= 0.3 is 0 Å². The largest absolute Gasteiger partial charge is 0.295 e. The lowest BCUT2D eigenvalue weighted by Gasteiger charge is -1.95. The molecule has 0 aliphatic carbocycles. The molecule has 0 aliphatic heterocycles. The van der Waals surface area contributed by atoms with Crippen LogP contribution in [0.15, 0.2) is 11.6 Å². The average molecular weight is 195 g/mol. The summed E-state index contributed by atoms with van der Waals surface area (Å²) in [6.07, 6.45) is 3.47. The highest BCUT2D eigenvalue weighted by Crippen LogP contribution is 2.14. The molecule has 1 heterocycles. The van der Waals surface area contributed by atoms with E-state index in [9.17, 15) is 4.79 Å². The lowest BCUT2D eigenvalue weighted by Crippen LogP contribution is -2.01. The third kappa shape index (κ3) is 2.77. The highest BCUT2D eigenvalue weighted by molar-refractivity contribution is 7.10. The van der Waals surface area contributed by atoms with Crippen molar-refractivity contribution in [1.82, 2.24) is 4.98 Å². The number of aryl methyl sites for hydroxylation is 1. The van der Waals surface area contributed by atoms with E-state index >= 15 is 0 Å². The Morgan fingerprint density at radius 3 is 2.77 bits per heavy atom. The maximum atomic E-state index is 11.2. The van der Waals surface area contributed by atoms with Gasteiger partial charge < -0.3 is 0 Å². The van der Waals surface area contributed by atoms with Crippen molar-refractivity contribution in [3.63, 3.8) is 0 Å². The van der Waals surface area contributed by atoms with Crippen molar-refractivity contribution in [2.75, 3.05) is 0 Å². The minimum atomic E-state index is 0.0736. The number of nitrogens with zero attached hydrogens (tertiary/aromatic N) is 1. The van der Waals surface area contributed by atoms with Crippen molar-refractivity contribution in [2.24, 2.45) is 5.92 Å². The van der Waals surface area contributed by atoms with Crippen LogP contribution in [0.1, 0.15) is 24.4 Å². The second kappa shape index (κ2) is 4.33. The fourth-order valence-corrected chi connectivity index (χ4v) is 1.52. The average Bonchev–Trinajstić information content (AvgIpc) is 2.47. The summed E-state index contributed by atoms with van der Waals surface area (Å²) >= 11 is 1.55. The van der Waals surface area contributed by atoms with Crippen LogP contribution < -0.4 is 0 Å². The highest BCUT2D eigenvalue weighted by Gasteiger charge is 2.02. The van der Waals surface area contributed by atoms with Gasteiger partial charge in [-0.2, -0.15) is 0 Å². The van der Waals surface area contributed by atoms with Gasteiger partial charge in [0.1, 0.15) is 0 Å². The predicted molar refractivity (Wildman–Crippen MR) is 55.7 cm³/mol. The summed E-state index contributed by atoms with van der Waals surface area (Å²) in [6.45, 7) is 5.73. The van der Waals surface area contributed by atoms with Crippen LogP contribution in [0.5, 0.6) is 0 Å². The van der Waals surface area contributed by atoms with E-state index in [1.807, 2.05) is 26.8 Å². The molecular formula is C10H13NOS. The summed E-state index contributed by atoms with van der Waals surface area (Å²) < 4.78 is 0. The molecule has 0 N–H and O–H groups in total. The first-order valence-electron chi connectivity index (χ1n) is 4.23. The van der Waals surface area contributed by atoms with Crippen LogP contribution in [0.2, 0.25) is 0 Å². The Morgan fingerprint density at radius 2 is 2.31 bits per heavy atom. The SMILES string of the molecule is Cc1ncsc1/C=C/C(=O)C(C)C. The number of carbonyl (C=O) groups excluding carboxylic acids is 1. The van der Waals surface area contributed by atoms with Crippen LogP contribution in [-0.2, 0) is 4.79 Å². The maximum absolute atomic E-state index is 11.2. The number of aromatic nitrogens is 1. The van der Waals surface area contributed by atoms with Gasteiger partial charge in [-0.3, -0.25) is 4.79 Å². The number of carbonyl (C=O) groups is 1. The Bertz CT molecular complexity index is 325. The number of hydrogen-bond donors (Lipinski definition) is 0. The van der Waals surface area contributed by atoms with E-state index in [4.69, 9.17) is 0 Å². The first kappa shape index (κ1) is 10.1. The third-order valence-electron chi connectivity index (χ3n) is 1.75. The van der Waals surface area contributed by atoms with E-state index < -0.39 is 0 Å². The summed E-state index contributed by atoms with van der Waals surface area (Å²) in [5, 5.41) is 0. The summed E-state index contributed by atoms with van der Waals surface area (Å²) in [4.78, 5) is 16.4. The van der Waals surface area contributed by atoms with E-state index in [1.165, 1.54) is 0 Å². The van der Waals surface area contributed by atoms with Crippen molar-refractivity contribution >= 4 is 23.2 Å². The molecule has 0 aliphatic rings.